The molecule has 0 amide bonds. The monoisotopic (exact) mass is 338 g/mol. The normalized spacial score (nSPS) is 16.6. The van der Waals surface area contributed by atoms with E-state index in [2.05, 4.69) is 0 Å². The third-order valence-electron chi connectivity index (χ3n) is 3.98. The number of sulfone groups is 1. The summed E-state index contributed by atoms with van der Waals surface area (Å²) in [6.07, 6.45) is 6.21. The van der Waals surface area contributed by atoms with Crippen LogP contribution in [0.2, 0.25) is 0 Å². The van der Waals surface area contributed by atoms with E-state index in [0.29, 0.717) is 12.3 Å². The second-order valence-electron chi connectivity index (χ2n) is 6.28. The Morgan fingerprint density at radius 1 is 1.35 bits per heavy atom. The van der Waals surface area contributed by atoms with Gasteiger partial charge in [0, 0.05) is 0 Å². The fourth-order valence-corrected chi connectivity index (χ4v) is 4.03. The summed E-state index contributed by atoms with van der Waals surface area (Å²) in [6, 6.07) is 7.75. The summed E-state index contributed by atoms with van der Waals surface area (Å²) in [5.41, 5.74) is 0.993. The van der Waals surface area contributed by atoms with Crippen LogP contribution < -0.4 is 4.74 Å². The zero-order chi connectivity index (χ0) is 16.7. The first-order valence-corrected chi connectivity index (χ1v) is 10.0. The van der Waals surface area contributed by atoms with Gasteiger partial charge in [0.25, 0.3) is 0 Å². The topological polar surface area (TPSA) is 63.6 Å². The minimum atomic E-state index is -3.11. The van der Waals surface area contributed by atoms with Gasteiger partial charge in [-0.05, 0) is 48.8 Å². The Labute approximate surface area is 139 Å². The lowest BCUT2D eigenvalue weighted by Gasteiger charge is -2.14. The molecule has 1 fully saturated rings. The van der Waals surface area contributed by atoms with Gasteiger partial charge in [0.05, 0.1) is 24.7 Å². The number of hydrogen-bond acceptors (Lipinski definition) is 4. The molecule has 0 saturated heterocycles. The fraction of sp³-hybridized carbons (Fsp3) is 0.556. The van der Waals surface area contributed by atoms with Crippen LogP contribution in [-0.2, 0) is 9.84 Å². The molecule has 128 valence electrons. The summed E-state index contributed by atoms with van der Waals surface area (Å²) in [5.74, 6) is 1.71. The number of aliphatic hydroxyl groups excluding tert-OH is 1. The molecular weight excluding hydrogens is 312 g/mol. The summed E-state index contributed by atoms with van der Waals surface area (Å²) in [7, 11) is -3.11. The van der Waals surface area contributed by atoms with Crippen LogP contribution in [0.3, 0.4) is 0 Å². The Hall–Kier alpha value is -1.33. The van der Waals surface area contributed by atoms with Crippen molar-refractivity contribution >= 4 is 9.84 Å². The third kappa shape index (κ3) is 6.75. The summed E-state index contributed by atoms with van der Waals surface area (Å²) < 4.78 is 30.1. The molecule has 0 heterocycles. The summed E-state index contributed by atoms with van der Waals surface area (Å²) in [4.78, 5) is 0. The standard InChI is InChI=1S/C18H26O4S/c1-15(14-23(20,21)11-4-2-3-10-19)17-6-5-7-18(12-17)22-13-16-8-9-16/h2-3,5-7,12,15-16,19H,4,8-11,13-14H2,1H3/b3-2+/t15-/m0/s1. The molecular formula is C18H26O4S. The van der Waals surface area contributed by atoms with Gasteiger partial charge in [-0.3, -0.25) is 0 Å². The highest BCUT2D eigenvalue weighted by atomic mass is 32.2. The minimum absolute atomic E-state index is 0.0515. The van der Waals surface area contributed by atoms with Gasteiger partial charge in [0.2, 0.25) is 0 Å². The first-order valence-electron chi connectivity index (χ1n) is 8.19. The smallest absolute Gasteiger partial charge is 0.151 e. The van der Waals surface area contributed by atoms with E-state index in [1.807, 2.05) is 31.2 Å². The van der Waals surface area contributed by atoms with Crippen LogP contribution in [-0.4, -0.2) is 38.2 Å². The average molecular weight is 338 g/mol. The number of rotatable bonds is 10. The molecule has 0 radical (unpaired) electrons. The van der Waals surface area contributed by atoms with Crippen molar-refractivity contribution in [2.24, 2.45) is 5.92 Å². The van der Waals surface area contributed by atoms with Crippen LogP contribution in [0.5, 0.6) is 5.75 Å². The van der Waals surface area contributed by atoms with Crippen LogP contribution in [0.4, 0.5) is 0 Å². The number of hydrogen-bond donors (Lipinski definition) is 1. The molecule has 1 N–H and O–H groups in total. The molecule has 1 atom stereocenters. The molecule has 0 spiro atoms. The lowest BCUT2D eigenvalue weighted by atomic mass is 10.0. The van der Waals surface area contributed by atoms with Crippen LogP contribution in [0, 0.1) is 5.92 Å². The Kier molecular flexibility index (Phi) is 6.66. The van der Waals surface area contributed by atoms with E-state index >= 15 is 0 Å². The molecule has 1 aromatic carbocycles. The Morgan fingerprint density at radius 2 is 2.13 bits per heavy atom. The number of aliphatic hydroxyl groups is 1. The molecule has 5 heteroatoms. The van der Waals surface area contributed by atoms with Crippen molar-refractivity contribution in [1.82, 2.24) is 0 Å². The van der Waals surface area contributed by atoms with E-state index in [-0.39, 0.29) is 24.0 Å². The van der Waals surface area contributed by atoms with Crippen molar-refractivity contribution in [2.75, 3.05) is 24.7 Å². The molecule has 0 aliphatic heterocycles. The van der Waals surface area contributed by atoms with Crippen LogP contribution in [0.15, 0.2) is 36.4 Å². The molecule has 23 heavy (non-hydrogen) atoms. The first kappa shape index (κ1) is 18.0. The average Bonchev–Trinajstić information content (AvgIpc) is 3.34. The van der Waals surface area contributed by atoms with Gasteiger partial charge < -0.3 is 9.84 Å². The zero-order valence-corrected chi connectivity index (χ0v) is 14.5. The van der Waals surface area contributed by atoms with Gasteiger partial charge in [0.15, 0.2) is 9.84 Å². The zero-order valence-electron chi connectivity index (χ0n) is 13.6. The van der Waals surface area contributed by atoms with Crippen LogP contribution in [0.25, 0.3) is 0 Å². The predicted octanol–water partition coefficient (Wildman–Crippen LogP) is 2.93. The predicted molar refractivity (Wildman–Crippen MR) is 92.6 cm³/mol. The summed E-state index contributed by atoms with van der Waals surface area (Å²) in [6.45, 7) is 2.64. The summed E-state index contributed by atoms with van der Waals surface area (Å²) in [5, 5.41) is 8.65. The second-order valence-corrected chi connectivity index (χ2v) is 8.51. The maximum atomic E-state index is 12.2. The highest BCUT2D eigenvalue weighted by molar-refractivity contribution is 7.91. The van der Waals surface area contributed by atoms with Gasteiger partial charge >= 0.3 is 0 Å². The highest BCUT2D eigenvalue weighted by Crippen LogP contribution is 2.30. The van der Waals surface area contributed by atoms with E-state index in [4.69, 9.17) is 9.84 Å². The Bertz CT molecular complexity index is 618. The lowest BCUT2D eigenvalue weighted by molar-refractivity contribution is 0.299. The molecule has 2 rings (SSSR count). The first-order chi connectivity index (χ1) is 11.0. The Morgan fingerprint density at radius 3 is 2.83 bits per heavy atom. The molecule has 1 aromatic rings. The number of ether oxygens (including phenoxy) is 1. The molecule has 0 aromatic heterocycles. The van der Waals surface area contributed by atoms with E-state index < -0.39 is 9.84 Å². The van der Waals surface area contributed by atoms with Crippen molar-refractivity contribution < 1.29 is 18.3 Å². The molecule has 1 aliphatic carbocycles. The van der Waals surface area contributed by atoms with Gasteiger partial charge in [-0.2, -0.15) is 0 Å². The Balaban J connectivity index is 1.89. The highest BCUT2D eigenvalue weighted by Gasteiger charge is 2.22. The molecule has 1 aliphatic rings. The van der Waals surface area contributed by atoms with E-state index in [1.165, 1.54) is 12.8 Å². The molecule has 4 nitrogen and oxygen atoms in total. The minimum Gasteiger partial charge on any atom is -0.493 e. The van der Waals surface area contributed by atoms with E-state index in [0.717, 1.165) is 17.9 Å². The molecule has 0 unspecified atom stereocenters. The molecule has 1 saturated carbocycles. The van der Waals surface area contributed by atoms with E-state index in [1.54, 1.807) is 12.2 Å². The SMILES string of the molecule is C[C@@H](CS(=O)(=O)CC/C=C/CO)c1cccc(OCC2CC2)c1. The quantitative estimate of drug-likeness (QED) is 0.666. The van der Waals surface area contributed by atoms with Crippen LogP contribution >= 0.6 is 0 Å². The van der Waals surface area contributed by atoms with Crippen molar-refractivity contribution in [3.8, 4) is 5.75 Å². The summed E-state index contributed by atoms with van der Waals surface area (Å²) >= 11 is 0. The van der Waals surface area contributed by atoms with Gasteiger partial charge in [-0.15, -0.1) is 0 Å². The van der Waals surface area contributed by atoms with Crippen LogP contribution in [0.1, 0.15) is 37.7 Å². The second kappa shape index (κ2) is 8.50. The van der Waals surface area contributed by atoms with Crippen molar-refractivity contribution in [3.63, 3.8) is 0 Å². The van der Waals surface area contributed by atoms with Gasteiger partial charge in [-0.25, -0.2) is 8.42 Å². The van der Waals surface area contributed by atoms with Crippen molar-refractivity contribution in [1.29, 1.82) is 0 Å². The molecule has 0 bridgehead atoms. The number of benzene rings is 1. The fourth-order valence-electron chi connectivity index (χ4n) is 2.41. The third-order valence-corrected chi connectivity index (χ3v) is 5.85. The van der Waals surface area contributed by atoms with Gasteiger partial charge in [-0.1, -0.05) is 31.2 Å². The maximum Gasteiger partial charge on any atom is 0.151 e. The largest absolute Gasteiger partial charge is 0.493 e. The number of allylic oxidation sites excluding steroid dienone is 1. The van der Waals surface area contributed by atoms with E-state index in [9.17, 15) is 8.42 Å². The lowest BCUT2D eigenvalue weighted by Crippen LogP contribution is -2.16. The van der Waals surface area contributed by atoms with Crippen molar-refractivity contribution in [3.05, 3.63) is 42.0 Å². The maximum absolute atomic E-state index is 12.2. The van der Waals surface area contributed by atoms with Gasteiger partial charge in [0.1, 0.15) is 5.75 Å². The van der Waals surface area contributed by atoms with Crippen molar-refractivity contribution in [2.45, 2.75) is 32.1 Å².